The summed E-state index contributed by atoms with van der Waals surface area (Å²) in [5.74, 6) is 6.13. The first-order valence-electron chi connectivity index (χ1n) is 5.55. The number of rotatable bonds is 4. The maximum atomic E-state index is 5.39. The molecule has 0 bridgehead atoms. The van der Waals surface area contributed by atoms with E-state index in [-0.39, 0.29) is 0 Å². The lowest BCUT2D eigenvalue weighted by Crippen LogP contribution is -2.13. The summed E-state index contributed by atoms with van der Waals surface area (Å²) in [7, 11) is 0. The number of anilines is 1. The largest absolute Gasteiger partial charge is 0.292 e. The van der Waals surface area contributed by atoms with Gasteiger partial charge in [0, 0.05) is 23.5 Å². The highest BCUT2D eigenvalue weighted by molar-refractivity contribution is 8.00. The van der Waals surface area contributed by atoms with Crippen LogP contribution >= 0.6 is 23.1 Å². The summed E-state index contributed by atoms with van der Waals surface area (Å²) < 4.78 is 2.55. The van der Waals surface area contributed by atoms with Crippen LogP contribution in [0.2, 0.25) is 0 Å². The molecule has 3 heterocycles. The van der Waals surface area contributed by atoms with E-state index in [0.717, 1.165) is 10.0 Å². The van der Waals surface area contributed by atoms with Crippen LogP contribution in [0.4, 0.5) is 5.95 Å². The quantitative estimate of drug-likeness (QED) is 0.548. The van der Waals surface area contributed by atoms with Crippen LogP contribution in [0, 0.1) is 6.92 Å². The van der Waals surface area contributed by atoms with E-state index >= 15 is 0 Å². The summed E-state index contributed by atoms with van der Waals surface area (Å²) >= 11 is 2.91. The van der Waals surface area contributed by atoms with Crippen LogP contribution in [0.1, 0.15) is 5.69 Å². The van der Waals surface area contributed by atoms with Gasteiger partial charge in [0.2, 0.25) is 17.1 Å². The molecule has 0 saturated carbocycles. The molecule has 0 spiro atoms. The molecule has 0 aliphatic carbocycles. The molecule has 0 saturated heterocycles. The molecule has 3 aromatic heterocycles. The number of hydrogen-bond acceptors (Lipinski definition) is 9. The predicted octanol–water partition coefficient (Wildman–Crippen LogP) is 1.26. The lowest BCUT2D eigenvalue weighted by molar-refractivity contribution is 0.824. The Balaban J connectivity index is 1.96. The summed E-state index contributed by atoms with van der Waals surface area (Å²) in [6.45, 7) is 1.94. The van der Waals surface area contributed by atoms with Crippen molar-refractivity contribution in [3.05, 3.63) is 29.8 Å². The Bertz CT molecular complexity index is 708. The van der Waals surface area contributed by atoms with Gasteiger partial charge in [0.25, 0.3) is 0 Å². The van der Waals surface area contributed by atoms with E-state index in [9.17, 15) is 0 Å². The maximum absolute atomic E-state index is 5.39. The van der Waals surface area contributed by atoms with E-state index in [2.05, 4.69) is 30.3 Å². The molecule has 0 fully saturated rings. The molecule has 20 heavy (non-hydrogen) atoms. The summed E-state index contributed by atoms with van der Waals surface area (Å²) in [5.41, 5.74) is 3.41. The van der Waals surface area contributed by atoms with Gasteiger partial charge in [-0.3, -0.25) is 9.99 Å². The van der Waals surface area contributed by atoms with Crippen LogP contribution in [0.25, 0.3) is 5.95 Å². The second-order valence-electron chi connectivity index (χ2n) is 3.71. The predicted molar refractivity (Wildman–Crippen MR) is 75.7 cm³/mol. The Hall–Kier alpha value is -2.04. The van der Waals surface area contributed by atoms with Crippen molar-refractivity contribution in [2.75, 3.05) is 5.43 Å². The van der Waals surface area contributed by atoms with Crippen molar-refractivity contribution in [1.82, 2.24) is 29.5 Å². The molecule has 8 nitrogen and oxygen atoms in total. The fourth-order valence-electron chi connectivity index (χ4n) is 1.41. The fourth-order valence-corrected chi connectivity index (χ4v) is 3.09. The fraction of sp³-hybridized carbons (Fsp3) is 0.100. The molecule has 10 heteroatoms. The normalized spacial score (nSPS) is 10.7. The summed E-state index contributed by atoms with van der Waals surface area (Å²) in [4.78, 5) is 21.1. The molecule has 102 valence electrons. The number of nitrogens with zero attached hydrogens (tertiary/aromatic N) is 6. The number of imidazole rings is 1. The molecule has 3 N–H and O–H groups in total. The minimum Gasteiger partial charge on any atom is -0.292 e. The molecular formula is C10H10N8S2. The first-order chi connectivity index (χ1) is 9.74. The van der Waals surface area contributed by atoms with Crippen molar-refractivity contribution in [1.29, 1.82) is 0 Å². The molecule has 3 rings (SSSR count). The molecule has 0 atom stereocenters. The van der Waals surface area contributed by atoms with Crippen molar-refractivity contribution < 1.29 is 0 Å². The van der Waals surface area contributed by atoms with Crippen LogP contribution in [-0.2, 0) is 0 Å². The monoisotopic (exact) mass is 306 g/mol. The third-order valence-electron chi connectivity index (χ3n) is 2.24. The van der Waals surface area contributed by atoms with E-state index in [1.807, 2.05) is 12.3 Å². The number of nitrogens with one attached hydrogen (secondary N) is 1. The van der Waals surface area contributed by atoms with Crippen LogP contribution in [-0.4, -0.2) is 29.5 Å². The van der Waals surface area contributed by atoms with E-state index in [1.54, 1.807) is 34.6 Å². The van der Waals surface area contributed by atoms with E-state index < -0.39 is 0 Å². The third kappa shape index (κ3) is 2.76. The molecular weight excluding hydrogens is 296 g/mol. The smallest absolute Gasteiger partial charge is 0.242 e. The van der Waals surface area contributed by atoms with Gasteiger partial charge >= 0.3 is 0 Å². The van der Waals surface area contributed by atoms with Gasteiger partial charge in [-0.1, -0.05) is 0 Å². The number of hydrazine groups is 1. The van der Waals surface area contributed by atoms with Crippen LogP contribution in [0.5, 0.6) is 0 Å². The van der Waals surface area contributed by atoms with Gasteiger partial charge in [-0.2, -0.15) is 15.0 Å². The highest BCUT2D eigenvalue weighted by Crippen LogP contribution is 2.28. The van der Waals surface area contributed by atoms with Crippen molar-refractivity contribution in [3.63, 3.8) is 0 Å². The Morgan fingerprint density at radius 2 is 2.20 bits per heavy atom. The second-order valence-corrected chi connectivity index (χ2v) is 5.79. The van der Waals surface area contributed by atoms with Gasteiger partial charge in [0.1, 0.15) is 6.33 Å². The summed E-state index contributed by atoms with van der Waals surface area (Å²) in [6.07, 6.45) is 5.01. The first-order valence-corrected chi connectivity index (χ1v) is 7.25. The Labute approximate surface area is 122 Å². The van der Waals surface area contributed by atoms with Crippen LogP contribution in [0.15, 0.2) is 33.6 Å². The number of nitrogen functional groups attached to an aromatic ring is 1. The van der Waals surface area contributed by atoms with Gasteiger partial charge < -0.3 is 0 Å². The number of thiazole rings is 1. The highest BCUT2D eigenvalue weighted by Gasteiger charge is 2.10. The highest BCUT2D eigenvalue weighted by atomic mass is 32.2. The molecule has 0 amide bonds. The van der Waals surface area contributed by atoms with Gasteiger partial charge in [-0.15, -0.1) is 11.3 Å². The van der Waals surface area contributed by atoms with Gasteiger partial charge in [-0.05, 0) is 18.7 Å². The van der Waals surface area contributed by atoms with Crippen LogP contribution < -0.4 is 11.3 Å². The number of aromatic nitrogens is 6. The number of nitrogens with two attached hydrogens (primary N) is 1. The molecule has 0 aromatic carbocycles. The summed E-state index contributed by atoms with van der Waals surface area (Å²) in [5, 5.41) is 2.49. The molecule has 0 aliphatic rings. The lowest BCUT2D eigenvalue weighted by atomic mass is 10.6. The maximum Gasteiger partial charge on any atom is 0.242 e. The second kappa shape index (κ2) is 5.53. The standard InChI is InChI=1S/C10H10N8S2/c1-6-4-19-10(13-6)20-9-15-7(17-11)14-8(16-9)18-3-2-12-5-18/h2-5H,11H2,1H3,(H,14,15,16,17). The summed E-state index contributed by atoms with van der Waals surface area (Å²) in [6, 6.07) is 0. The minimum absolute atomic E-state index is 0.291. The Kier molecular flexibility index (Phi) is 3.58. The first kappa shape index (κ1) is 13.0. The van der Waals surface area contributed by atoms with Gasteiger partial charge in [0.15, 0.2) is 4.34 Å². The minimum atomic E-state index is 0.291. The van der Waals surface area contributed by atoms with Crippen molar-refractivity contribution in [2.45, 2.75) is 16.4 Å². The zero-order valence-electron chi connectivity index (χ0n) is 10.4. The Morgan fingerprint density at radius 1 is 1.30 bits per heavy atom. The molecule has 0 radical (unpaired) electrons. The van der Waals surface area contributed by atoms with Crippen molar-refractivity contribution in [3.8, 4) is 5.95 Å². The van der Waals surface area contributed by atoms with Crippen molar-refractivity contribution >= 4 is 29.0 Å². The van der Waals surface area contributed by atoms with Gasteiger partial charge in [0.05, 0.1) is 0 Å². The zero-order valence-corrected chi connectivity index (χ0v) is 12.0. The SMILES string of the molecule is Cc1csc(Sc2nc(NN)nc(-n3ccnc3)n2)n1. The lowest BCUT2D eigenvalue weighted by Gasteiger charge is -2.05. The number of aryl methyl sites for hydroxylation is 1. The van der Waals surface area contributed by atoms with E-state index in [4.69, 9.17) is 5.84 Å². The van der Waals surface area contributed by atoms with Crippen LogP contribution in [0.3, 0.4) is 0 Å². The zero-order chi connectivity index (χ0) is 13.9. The van der Waals surface area contributed by atoms with Crippen molar-refractivity contribution in [2.24, 2.45) is 5.84 Å². The number of hydrogen-bond donors (Lipinski definition) is 2. The van der Waals surface area contributed by atoms with E-state index in [0.29, 0.717) is 17.1 Å². The topological polar surface area (TPSA) is 107 Å². The average molecular weight is 306 g/mol. The van der Waals surface area contributed by atoms with Gasteiger partial charge in [-0.25, -0.2) is 15.8 Å². The van der Waals surface area contributed by atoms with E-state index in [1.165, 1.54) is 11.8 Å². The Morgan fingerprint density at radius 3 is 2.85 bits per heavy atom. The molecule has 0 aliphatic heterocycles. The molecule has 3 aromatic rings. The average Bonchev–Trinajstić information content (AvgIpc) is 3.10. The third-order valence-corrected chi connectivity index (χ3v) is 4.17. The molecule has 0 unspecified atom stereocenters.